The molecule has 1 fully saturated rings. The molecule has 4 aromatic rings. The van der Waals surface area contributed by atoms with Crippen molar-refractivity contribution in [1.82, 2.24) is 9.97 Å². The van der Waals surface area contributed by atoms with E-state index in [2.05, 4.69) is 9.97 Å². The van der Waals surface area contributed by atoms with Gasteiger partial charge < -0.3 is 9.66 Å². The van der Waals surface area contributed by atoms with Crippen molar-refractivity contribution in [3.63, 3.8) is 0 Å². The minimum Gasteiger partial charge on any atom is -0.772 e. The summed E-state index contributed by atoms with van der Waals surface area (Å²) in [5.41, 5.74) is 4.15. The van der Waals surface area contributed by atoms with Crippen molar-refractivity contribution in [2.24, 2.45) is 5.41 Å². The number of hydrogen-bond acceptors (Lipinski definition) is 7. The first-order valence-electron chi connectivity index (χ1n) is 12.8. The number of nitrogens with zero attached hydrogens (tertiary/aromatic N) is 2. The summed E-state index contributed by atoms with van der Waals surface area (Å²) in [6, 6.07) is 18.6. The Labute approximate surface area is 235 Å². The second-order valence-corrected chi connectivity index (χ2v) is 14.6. The number of aliphatic carboxylic acids is 1. The van der Waals surface area contributed by atoms with Gasteiger partial charge in [0, 0.05) is 35.2 Å². The van der Waals surface area contributed by atoms with Crippen LogP contribution in [0.25, 0.3) is 33.2 Å². The summed E-state index contributed by atoms with van der Waals surface area (Å²) in [7, 11) is -3.41. The largest absolute Gasteiger partial charge is 0.772 e. The van der Waals surface area contributed by atoms with E-state index in [-0.39, 0.29) is 6.42 Å². The third kappa shape index (κ3) is 5.18. The van der Waals surface area contributed by atoms with Crippen LogP contribution in [-0.4, -0.2) is 44.5 Å². The molecule has 0 saturated heterocycles. The summed E-state index contributed by atoms with van der Waals surface area (Å²) >= 11 is -2.51. The normalized spacial score (nSPS) is 16.4. The molecule has 1 saturated carbocycles. The zero-order valence-electron chi connectivity index (χ0n) is 22.3. The highest BCUT2D eigenvalue weighted by molar-refractivity contribution is 7.91. The number of rotatable bonds is 9. The van der Waals surface area contributed by atoms with Crippen LogP contribution in [0, 0.1) is 5.41 Å². The van der Waals surface area contributed by atoms with Crippen LogP contribution in [0.15, 0.2) is 73.1 Å². The second kappa shape index (κ2) is 10.2. The first-order valence-corrected chi connectivity index (χ1v) is 15.8. The summed E-state index contributed by atoms with van der Waals surface area (Å²) in [5, 5.41) is 9.14. The van der Waals surface area contributed by atoms with Crippen molar-refractivity contribution in [3.05, 3.63) is 84.3 Å². The molecule has 0 aliphatic heterocycles. The molecule has 208 valence electrons. The first-order chi connectivity index (χ1) is 18.8. The molecule has 1 N–H and O–H groups in total. The smallest absolute Gasteiger partial charge is 0.303 e. The van der Waals surface area contributed by atoms with E-state index in [9.17, 15) is 27.1 Å². The van der Waals surface area contributed by atoms with Crippen LogP contribution >= 0.6 is 0 Å². The van der Waals surface area contributed by atoms with E-state index >= 15 is 0 Å². The van der Waals surface area contributed by atoms with Crippen molar-refractivity contribution in [3.8, 4) is 22.3 Å². The van der Waals surface area contributed by atoms with E-state index in [1.165, 1.54) is 6.26 Å². The van der Waals surface area contributed by atoms with Crippen LogP contribution in [0.3, 0.4) is 0 Å². The zero-order chi connectivity index (χ0) is 28.9. The molecule has 0 bridgehead atoms. The first kappa shape index (κ1) is 28.1. The van der Waals surface area contributed by atoms with Crippen molar-refractivity contribution in [1.29, 1.82) is 0 Å². The highest BCUT2D eigenvalue weighted by Gasteiger charge is 2.52. The van der Waals surface area contributed by atoms with E-state index in [0.29, 0.717) is 24.1 Å². The molecular weight excluding hydrogens is 548 g/mol. The maximum Gasteiger partial charge on any atom is 0.303 e. The lowest BCUT2D eigenvalue weighted by Crippen LogP contribution is -2.28. The van der Waals surface area contributed by atoms with Crippen LogP contribution in [0.5, 0.6) is 0 Å². The third-order valence-electron chi connectivity index (χ3n) is 8.03. The van der Waals surface area contributed by atoms with Crippen molar-refractivity contribution in [2.75, 3.05) is 6.26 Å². The minimum atomic E-state index is -3.41. The Bertz CT molecular complexity index is 1750. The lowest BCUT2D eigenvalue weighted by atomic mass is 9.92. The van der Waals surface area contributed by atoms with Crippen molar-refractivity contribution in [2.45, 2.75) is 43.1 Å². The molecule has 0 amide bonds. The number of fused-ring (bicyclic) bond motifs is 1. The molecule has 2 heterocycles. The van der Waals surface area contributed by atoms with Crippen LogP contribution in [0.4, 0.5) is 0 Å². The Morgan fingerprint density at radius 1 is 1.05 bits per heavy atom. The van der Waals surface area contributed by atoms with Crippen LogP contribution in [0.2, 0.25) is 0 Å². The summed E-state index contributed by atoms with van der Waals surface area (Å²) in [5.74, 6) is -1.02. The molecule has 1 aliphatic carbocycles. The van der Waals surface area contributed by atoms with Gasteiger partial charge in [-0.3, -0.25) is 19.0 Å². The molecule has 8 nitrogen and oxygen atoms in total. The molecule has 1 aliphatic rings. The van der Waals surface area contributed by atoms with E-state index in [0.717, 1.165) is 33.2 Å². The predicted octanol–water partition coefficient (Wildman–Crippen LogP) is 5.42. The molecule has 0 radical (unpaired) electrons. The van der Waals surface area contributed by atoms with Gasteiger partial charge in [-0.1, -0.05) is 30.3 Å². The summed E-state index contributed by atoms with van der Waals surface area (Å²) in [6.07, 6.45) is 5.38. The molecule has 10 heteroatoms. The van der Waals surface area contributed by atoms with Gasteiger partial charge in [0.15, 0.2) is 9.84 Å². The van der Waals surface area contributed by atoms with Gasteiger partial charge in [-0.25, -0.2) is 8.42 Å². The van der Waals surface area contributed by atoms with Crippen molar-refractivity contribution < 1.29 is 27.1 Å². The number of carboxylic acid groups (broad SMARTS) is 1. The third-order valence-corrected chi connectivity index (χ3v) is 11.2. The van der Waals surface area contributed by atoms with Gasteiger partial charge in [0.05, 0.1) is 27.6 Å². The average molecular weight is 578 g/mol. The van der Waals surface area contributed by atoms with E-state index < -0.39 is 42.3 Å². The molecular formula is C30H29N2O6S2-. The summed E-state index contributed by atoms with van der Waals surface area (Å²) in [6.45, 7) is 3.38. The Balaban J connectivity index is 1.55. The van der Waals surface area contributed by atoms with Gasteiger partial charge in [0.2, 0.25) is 0 Å². The monoisotopic (exact) mass is 577 g/mol. The highest BCUT2D eigenvalue weighted by Crippen LogP contribution is 2.59. The maximum atomic E-state index is 12.6. The Hall–Kier alpha value is -3.47. The number of sulfone groups is 1. The fourth-order valence-corrected chi connectivity index (χ4v) is 6.79. The molecule has 2 unspecified atom stereocenters. The van der Waals surface area contributed by atoms with E-state index in [4.69, 9.17) is 0 Å². The SMILES string of the molecule is CC(C)(c1cc(-c2cccc(-c3ccc(C(S(=O)[O-])C4(CC(=O)O)CC4)nc3)c2)c2ncccc2c1)S(C)(=O)=O. The van der Waals surface area contributed by atoms with Crippen LogP contribution < -0.4 is 0 Å². The molecule has 5 rings (SSSR count). The lowest BCUT2D eigenvalue weighted by molar-refractivity contribution is -0.138. The van der Waals surface area contributed by atoms with Crippen molar-refractivity contribution >= 4 is 37.8 Å². The zero-order valence-corrected chi connectivity index (χ0v) is 24.0. The second-order valence-electron chi connectivity index (χ2n) is 11.0. The predicted molar refractivity (Wildman–Crippen MR) is 154 cm³/mol. The Kier molecular flexibility index (Phi) is 7.14. The van der Waals surface area contributed by atoms with E-state index in [1.807, 2.05) is 48.5 Å². The number of pyridine rings is 2. The quantitative estimate of drug-likeness (QED) is 0.260. The summed E-state index contributed by atoms with van der Waals surface area (Å²) in [4.78, 5) is 20.4. The number of benzene rings is 2. The molecule has 0 spiro atoms. The van der Waals surface area contributed by atoms with Gasteiger partial charge in [-0.15, -0.1) is 0 Å². The highest BCUT2D eigenvalue weighted by atomic mass is 32.2. The standard InChI is InChI=1S/C30H30N2O6S2/c1-29(2,40(3,37)38)23-15-21-8-5-13-31-27(21)24(16-23)20-7-4-6-19(14-20)22-9-10-25(32-18-22)28(39(35)36)30(11-12-30)17-26(33)34/h4-10,13-16,18,28H,11-12,17H2,1-3H3,(H,33,34)(H,35,36)/p-1. The Morgan fingerprint density at radius 2 is 1.77 bits per heavy atom. The number of carbonyl (C=O) groups is 1. The number of aromatic nitrogens is 2. The summed E-state index contributed by atoms with van der Waals surface area (Å²) < 4.78 is 48.4. The maximum absolute atomic E-state index is 12.6. The molecule has 2 aromatic carbocycles. The van der Waals surface area contributed by atoms with Crippen LogP contribution in [0.1, 0.15) is 49.6 Å². The molecule has 40 heavy (non-hydrogen) atoms. The van der Waals surface area contributed by atoms with Gasteiger partial charge in [-0.2, -0.15) is 0 Å². The minimum absolute atomic E-state index is 0.214. The fraction of sp³-hybridized carbons (Fsp3) is 0.300. The van der Waals surface area contributed by atoms with Gasteiger partial charge in [0.25, 0.3) is 0 Å². The van der Waals surface area contributed by atoms with E-state index in [1.54, 1.807) is 38.4 Å². The Morgan fingerprint density at radius 3 is 2.38 bits per heavy atom. The average Bonchev–Trinajstić information content (AvgIpc) is 3.66. The lowest BCUT2D eigenvalue weighted by Gasteiger charge is -2.27. The van der Waals surface area contributed by atoms with Crippen LogP contribution in [-0.2, 0) is 30.5 Å². The van der Waals surface area contributed by atoms with Gasteiger partial charge in [-0.05, 0) is 90.2 Å². The number of carboxylic acids is 1. The molecule has 2 aromatic heterocycles. The number of hydrogen-bond donors (Lipinski definition) is 1. The molecule has 2 atom stereocenters. The van der Waals surface area contributed by atoms with Gasteiger partial charge in [0.1, 0.15) is 0 Å². The topological polar surface area (TPSA) is 137 Å². The fourth-order valence-electron chi connectivity index (χ4n) is 5.18. The van der Waals surface area contributed by atoms with Gasteiger partial charge >= 0.3 is 5.97 Å².